The highest BCUT2D eigenvalue weighted by Gasteiger charge is 2.32. The molecule has 1 heterocycles. The Bertz CT molecular complexity index is 833. The van der Waals surface area contributed by atoms with E-state index in [-0.39, 0.29) is 37.4 Å². The lowest BCUT2D eigenvalue weighted by Gasteiger charge is -2.20. The monoisotopic (exact) mass is 420 g/mol. The second-order valence-corrected chi connectivity index (χ2v) is 7.88. The number of amides is 5. The van der Waals surface area contributed by atoms with Gasteiger partial charge in [-0.3, -0.25) is 19.8 Å². The number of ether oxygens (including phenoxy) is 2. The Morgan fingerprint density at radius 1 is 1.17 bits per heavy atom. The van der Waals surface area contributed by atoms with Crippen LogP contribution in [0.5, 0.6) is 5.75 Å². The molecule has 1 aromatic carbocycles. The fraction of sp³-hybridized carbons (Fsp3) is 0.500. The van der Waals surface area contributed by atoms with Gasteiger partial charge in [0.15, 0.2) is 0 Å². The number of hydrogen-bond donors (Lipinski definition) is 2. The molecular weight excluding hydrogens is 392 g/mol. The standard InChI is InChI=1S/C20H28N4O6/c1-20(2,3)30-18(27)22-14-11-13(8-9-15(14)29-5)21-16(25)7-6-10-24-17(26)12-23(4)19(24)28/h8-9,11H,6-7,10,12H2,1-5H3,(H,21,25)(H,22,27). The minimum Gasteiger partial charge on any atom is -0.495 e. The van der Waals surface area contributed by atoms with E-state index >= 15 is 0 Å². The average Bonchev–Trinajstić information content (AvgIpc) is 2.86. The number of carbonyl (C=O) groups excluding carboxylic acids is 4. The number of methoxy groups -OCH3 is 1. The molecule has 0 radical (unpaired) electrons. The van der Waals surface area contributed by atoms with Crippen molar-refractivity contribution in [3.8, 4) is 5.75 Å². The van der Waals surface area contributed by atoms with Crippen LogP contribution < -0.4 is 15.4 Å². The van der Waals surface area contributed by atoms with E-state index < -0.39 is 11.7 Å². The largest absolute Gasteiger partial charge is 0.495 e. The SMILES string of the molecule is COc1ccc(NC(=O)CCCN2C(=O)CN(C)C2=O)cc1NC(=O)OC(C)(C)C. The molecule has 1 fully saturated rings. The minimum absolute atomic E-state index is 0.0598. The van der Waals surface area contributed by atoms with Crippen molar-refractivity contribution in [2.24, 2.45) is 0 Å². The molecule has 10 nitrogen and oxygen atoms in total. The molecule has 2 rings (SSSR count). The van der Waals surface area contributed by atoms with Crippen LogP contribution in [0.2, 0.25) is 0 Å². The zero-order chi connectivity index (χ0) is 22.5. The highest BCUT2D eigenvalue weighted by Crippen LogP contribution is 2.28. The molecule has 0 bridgehead atoms. The van der Waals surface area contributed by atoms with Gasteiger partial charge in [-0.15, -0.1) is 0 Å². The van der Waals surface area contributed by atoms with E-state index in [0.717, 1.165) is 4.90 Å². The lowest BCUT2D eigenvalue weighted by Crippen LogP contribution is -2.32. The third kappa shape index (κ3) is 6.36. The van der Waals surface area contributed by atoms with Crippen LogP contribution in [0.1, 0.15) is 33.6 Å². The molecule has 10 heteroatoms. The first-order valence-corrected chi connectivity index (χ1v) is 9.53. The van der Waals surface area contributed by atoms with E-state index in [4.69, 9.17) is 9.47 Å². The second-order valence-electron chi connectivity index (χ2n) is 7.88. The molecule has 1 aliphatic rings. The van der Waals surface area contributed by atoms with Crippen LogP contribution in [0.4, 0.5) is 21.0 Å². The van der Waals surface area contributed by atoms with Crippen molar-refractivity contribution < 1.29 is 28.7 Å². The van der Waals surface area contributed by atoms with Gasteiger partial charge in [0.05, 0.1) is 12.8 Å². The van der Waals surface area contributed by atoms with Gasteiger partial charge in [-0.25, -0.2) is 9.59 Å². The van der Waals surface area contributed by atoms with Crippen molar-refractivity contribution in [1.82, 2.24) is 9.80 Å². The van der Waals surface area contributed by atoms with Gasteiger partial charge < -0.3 is 19.7 Å². The molecule has 0 atom stereocenters. The highest BCUT2D eigenvalue weighted by atomic mass is 16.6. The maximum absolute atomic E-state index is 12.2. The molecule has 0 aromatic heterocycles. The van der Waals surface area contributed by atoms with Crippen molar-refractivity contribution in [1.29, 1.82) is 0 Å². The summed E-state index contributed by atoms with van der Waals surface area (Å²) in [7, 11) is 3.02. The van der Waals surface area contributed by atoms with E-state index in [1.807, 2.05) is 0 Å². The molecule has 30 heavy (non-hydrogen) atoms. The van der Waals surface area contributed by atoms with Crippen molar-refractivity contribution in [2.75, 3.05) is 37.9 Å². The number of benzene rings is 1. The van der Waals surface area contributed by atoms with Crippen LogP contribution in [0.15, 0.2) is 18.2 Å². The van der Waals surface area contributed by atoms with Gasteiger partial charge in [-0.2, -0.15) is 0 Å². The summed E-state index contributed by atoms with van der Waals surface area (Å²) in [5.41, 5.74) is 0.150. The molecule has 0 aliphatic carbocycles. The molecule has 5 amide bonds. The van der Waals surface area contributed by atoms with Crippen LogP contribution in [0.3, 0.4) is 0 Å². The van der Waals surface area contributed by atoms with E-state index in [1.54, 1.807) is 46.0 Å². The summed E-state index contributed by atoms with van der Waals surface area (Å²) in [4.78, 5) is 50.3. The Kier molecular flexibility index (Phi) is 7.25. The first kappa shape index (κ1) is 23.0. The van der Waals surface area contributed by atoms with E-state index in [1.165, 1.54) is 12.0 Å². The van der Waals surface area contributed by atoms with Gasteiger partial charge in [0, 0.05) is 25.7 Å². The Hall–Kier alpha value is -3.30. The summed E-state index contributed by atoms with van der Waals surface area (Å²) < 4.78 is 10.5. The van der Waals surface area contributed by atoms with E-state index in [0.29, 0.717) is 23.5 Å². The molecule has 0 saturated carbocycles. The number of rotatable bonds is 7. The Balaban J connectivity index is 1.92. The Morgan fingerprint density at radius 3 is 2.43 bits per heavy atom. The second kappa shape index (κ2) is 9.47. The first-order valence-electron chi connectivity index (χ1n) is 9.53. The quantitative estimate of drug-likeness (QED) is 0.655. The van der Waals surface area contributed by atoms with Crippen LogP contribution in [0, 0.1) is 0 Å². The molecular formula is C20H28N4O6. The van der Waals surface area contributed by atoms with Crippen molar-refractivity contribution in [3.05, 3.63) is 18.2 Å². The number of likely N-dealkylation sites (N-methyl/N-ethyl adjacent to an activating group) is 1. The van der Waals surface area contributed by atoms with Gasteiger partial charge in [-0.1, -0.05) is 0 Å². The summed E-state index contributed by atoms with van der Waals surface area (Å²) in [6, 6.07) is 4.45. The molecule has 1 saturated heterocycles. The lowest BCUT2D eigenvalue weighted by molar-refractivity contribution is -0.125. The van der Waals surface area contributed by atoms with Gasteiger partial charge in [0.25, 0.3) is 0 Å². The van der Waals surface area contributed by atoms with Crippen LogP contribution >= 0.6 is 0 Å². The number of imide groups is 1. The fourth-order valence-corrected chi connectivity index (χ4v) is 2.81. The molecule has 1 aliphatic heterocycles. The zero-order valence-electron chi connectivity index (χ0n) is 17.9. The first-order chi connectivity index (χ1) is 14.0. The number of hydrogen-bond acceptors (Lipinski definition) is 6. The van der Waals surface area contributed by atoms with E-state index in [2.05, 4.69) is 10.6 Å². The number of nitrogens with one attached hydrogen (secondary N) is 2. The molecule has 164 valence electrons. The maximum atomic E-state index is 12.2. The van der Waals surface area contributed by atoms with Crippen molar-refractivity contribution in [3.63, 3.8) is 0 Å². The summed E-state index contributed by atoms with van der Waals surface area (Å²) in [6.45, 7) is 5.50. The third-order valence-electron chi connectivity index (χ3n) is 4.14. The fourth-order valence-electron chi connectivity index (χ4n) is 2.81. The summed E-state index contributed by atoms with van der Waals surface area (Å²) in [6.07, 6.45) is -0.174. The van der Waals surface area contributed by atoms with Crippen LogP contribution in [0.25, 0.3) is 0 Å². The van der Waals surface area contributed by atoms with Crippen molar-refractivity contribution >= 4 is 35.3 Å². The third-order valence-corrected chi connectivity index (χ3v) is 4.14. The summed E-state index contributed by atoms with van der Waals surface area (Å²) in [5.74, 6) is -0.138. The summed E-state index contributed by atoms with van der Waals surface area (Å²) >= 11 is 0. The number of urea groups is 1. The minimum atomic E-state index is -0.657. The number of carbonyl (C=O) groups is 4. The predicted octanol–water partition coefficient (Wildman–Crippen LogP) is 2.65. The van der Waals surface area contributed by atoms with Gasteiger partial charge in [0.1, 0.15) is 17.9 Å². The predicted molar refractivity (Wildman–Crippen MR) is 110 cm³/mol. The summed E-state index contributed by atoms with van der Waals surface area (Å²) in [5, 5.41) is 5.33. The number of nitrogens with zero attached hydrogens (tertiary/aromatic N) is 2. The van der Waals surface area contributed by atoms with E-state index in [9.17, 15) is 19.2 Å². The Labute approximate surface area is 175 Å². The molecule has 2 N–H and O–H groups in total. The van der Waals surface area contributed by atoms with Gasteiger partial charge >= 0.3 is 12.1 Å². The molecule has 0 spiro atoms. The molecule has 0 unspecified atom stereocenters. The topological polar surface area (TPSA) is 117 Å². The Morgan fingerprint density at radius 2 is 1.87 bits per heavy atom. The van der Waals surface area contributed by atoms with Crippen LogP contribution in [-0.4, -0.2) is 66.6 Å². The number of anilines is 2. The smallest absolute Gasteiger partial charge is 0.412 e. The highest BCUT2D eigenvalue weighted by molar-refractivity contribution is 6.01. The average molecular weight is 420 g/mol. The maximum Gasteiger partial charge on any atom is 0.412 e. The van der Waals surface area contributed by atoms with Crippen molar-refractivity contribution in [2.45, 2.75) is 39.2 Å². The normalized spacial score (nSPS) is 14.0. The lowest BCUT2D eigenvalue weighted by atomic mass is 10.2. The molecule has 1 aromatic rings. The van der Waals surface area contributed by atoms with Crippen LogP contribution in [-0.2, 0) is 14.3 Å². The van der Waals surface area contributed by atoms with Gasteiger partial charge in [-0.05, 0) is 45.4 Å². The zero-order valence-corrected chi connectivity index (χ0v) is 17.9. The van der Waals surface area contributed by atoms with Gasteiger partial charge in [0.2, 0.25) is 11.8 Å².